The van der Waals surface area contributed by atoms with Gasteiger partial charge in [-0.05, 0) is 61.9 Å². The van der Waals surface area contributed by atoms with Gasteiger partial charge in [-0.1, -0.05) is 43.7 Å². The molecule has 0 N–H and O–H groups in total. The van der Waals surface area contributed by atoms with Crippen molar-refractivity contribution in [2.45, 2.75) is 13.8 Å². The fourth-order valence-electron chi connectivity index (χ4n) is 2.95. The van der Waals surface area contributed by atoms with Crippen LogP contribution < -0.4 is 14.2 Å². The smallest absolute Gasteiger partial charge is 0.338 e. The van der Waals surface area contributed by atoms with Gasteiger partial charge < -0.3 is 14.2 Å². The molecule has 0 fully saturated rings. The number of esters is 3. The average Bonchev–Trinajstić information content (AvgIpc) is 2.89. The van der Waals surface area contributed by atoms with Gasteiger partial charge in [0, 0.05) is 34.4 Å². The van der Waals surface area contributed by atoms with E-state index in [2.05, 4.69) is 31.6 Å². The zero-order valence-corrected chi connectivity index (χ0v) is 20.8. The van der Waals surface area contributed by atoms with E-state index in [1.807, 2.05) is 0 Å². The molecule has 3 aromatic carbocycles. The molecule has 0 aliphatic carbocycles. The highest BCUT2D eigenvalue weighted by atomic mass is 19.1. The van der Waals surface area contributed by atoms with Crippen molar-refractivity contribution in [1.82, 2.24) is 0 Å². The first-order chi connectivity index (χ1) is 18.1. The van der Waals surface area contributed by atoms with Gasteiger partial charge in [0.15, 0.2) is 0 Å². The van der Waals surface area contributed by atoms with Crippen LogP contribution in [0.15, 0.2) is 97.6 Å². The predicted octanol–water partition coefficient (Wildman–Crippen LogP) is 5.95. The van der Waals surface area contributed by atoms with Crippen molar-refractivity contribution in [1.29, 1.82) is 0 Å². The summed E-state index contributed by atoms with van der Waals surface area (Å²) in [7, 11) is 0. The Morgan fingerprint density at radius 1 is 0.789 bits per heavy atom. The zero-order valence-electron chi connectivity index (χ0n) is 20.8. The van der Waals surface area contributed by atoms with E-state index >= 15 is 4.39 Å². The van der Waals surface area contributed by atoms with Crippen LogP contribution in [0.1, 0.15) is 25.0 Å². The van der Waals surface area contributed by atoms with Crippen LogP contribution in [0.25, 0.3) is 11.1 Å². The van der Waals surface area contributed by atoms with Gasteiger partial charge in [0.2, 0.25) is 0 Å². The molecule has 0 bridgehead atoms. The molecule has 0 saturated carbocycles. The quantitative estimate of drug-likeness (QED) is 0.169. The van der Waals surface area contributed by atoms with E-state index in [4.69, 9.17) is 14.2 Å². The summed E-state index contributed by atoms with van der Waals surface area (Å²) in [5, 5.41) is 0. The second-order valence-electron chi connectivity index (χ2n) is 8.09. The molecule has 0 aliphatic heterocycles. The van der Waals surface area contributed by atoms with Gasteiger partial charge in [0.25, 0.3) is 0 Å². The lowest BCUT2D eigenvalue weighted by atomic mass is 10.0. The van der Waals surface area contributed by atoms with E-state index in [-0.39, 0.29) is 33.8 Å². The van der Waals surface area contributed by atoms with Crippen LogP contribution in [0.2, 0.25) is 0 Å². The summed E-state index contributed by atoms with van der Waals surface area (Å²) in [6.07, 6.45) is 1.03. The number of halogens is 1. The van der Waals surface area contributed by atoms with Crippen molar-refractivity contribution in [2.75, 3.05) is 0 Å². The van der Waals surface area contributed by atoms with Gasteiger partial charge in [-0.3, -0.25) is 0 Å². The van der Waals surface area contributed by atoms with Crippen molar-refractivity contribution in [3.63, 3.8) is 0 Å². The van der Waals surface area contributed by atoms with Gasteiger partial charge in [0.1, 0.15) is 23.1 Å². The lowest BCUT2D eigenvalue weighted by Gasteiger charge is -2.12. The third kappa shape index (κ3) is 7.15. The largest absolute Gasteiger partial charge is 0.423 e. The van der Waals surface area contributed by atoms with E-state index < -0.39 is 23.7 Å². The normalized spacial score (nSPS) is 9.87. The summed E-state index contributed by atoms with van der Waals surface area (Å²) in [5.41, 5.74) is 1.75. The molecule has 0 atom stereocenters. The van der Waals surface area contributed by atoms with E-state index in [1.54, 1.807) is 43.3 Å². The Kier molecular flexibility index (Phi) is 8.75. The number of benzene rings is 3. The minimum atomic E-state index is -0.687. The van der Waals surface area contributed by atoms with Crippen LogP contribution in [-0.2, 0) is 14.4 Å². The predicted molar refractivity (Wildman–Crippen MR) is 141 cm³/mol. The standard InChI is InChI=1S/C31H23FO6/c1-6-29(33)36-24-15-11-22(12-16-24)26-18-27(32)23(17-28(26)38-31(35)20(4)5)10-7-21-8-13-25(14-9-21)37-30(34)19(2)3/h6,8-9,11-18H,1-2,4H2,3,5H3. The molecule has 3 rings (SSSR count). The third-order valence-electron chi connectivity index (χ3n) is 4.93. The van der Waals surface area contributed by atoms with E-state index in [1.165, 1.54) is 31.2 Å². The van der Waals surface area contributed by atoms with Crippen LogP contribution >= 0.6 is 0 Å². The molecule has 0 aliphatic rings. The van der Waals surface area contributed by atoms with Crippen molar-refractivity contribution in [2.24, 2.45) is 0 Å². The summed E-state index contributed by atoms with van der Waals surface area (Å²) in [4.78, 5) is 35.3. The first-order valence-electron chi connectivity index (χ1n) is 11.2. The maximum absolute atomic E-state index is 15.1. The molecule has 7 heteroatoms. The van der Waals surface area contributed by atoms with Crippen LogP contribution in [-0.4, -0.2) is 17.9 Å². The highest BCUT2D eigenvalue weighted by Gasteiger charge is 2.16. The number of hydrogen-bond acceptors (Lipinski definition) is 6. The Labute approximate surface area is 219 Å². The second kappa shape index (κ2) is 12.2. The lowest BCUT2D eigenvalue weighted by molar-refractivity contribution is -0.130. The van der Waals surface area contributed by atoms with E-state index in [9.17, 15) is 14.4 Å². The molecule has 6 nitrogen and oxygen atoms in total. The van der Waals surface area contributed by atoms with Gasteiger partial charge in [0.05, 0.1) is 5.56 Å². The molecule has 38 heavy (non-hydrogen) atoms. The highest BCUT2D eigenvalue weighted by molar-refractivity contribution is 5.90. The fourth-order valence-corrected chi connectivity index (χ4v) is 2.95. The minimum absolute atomic E-state index is 0.00687. The molecule has 0 amide bonds. The number of ether oxygens (including phenoxy) is 3. The Hall–Kier alpha value is -5.22. The average molecular weight is 511 g/mol. The van der Waals surface area contributed by atoms with Crippen molar-refractivity contribution in [3.05, 3.63) is 115 Å². The Morgan fingerprint density at radius 3 is 1.92 bits per heavy atom. The first kappa shape index (κ1) is 27.4. The molecular formula is C31H23FO6. The van der Waals surface area contributed by atoms with Crippen molar-refractivity contribution < 1.29 is 33.0 Å². The number of hydrogen-bond donors (Lipinski definition) is 0. The first-order valence-corrected chi connectivity index (χ1v) is 11.2. The Balaban J connectivity index is 1.94. The molecule has 190 valence electrons. The van der Waals surface area contributed by atoms with Crippen LogP contribution in [0.4, 0.5) is 4.39 Å². The topological polar surface area (TPSA) is 78.9 Å². The zero-order chi connectivity index (χ0) is 27.8. The summed E-state index contributed by atoms with van der Waals surface area (Å²) in [5.74, 6) is 3.74. The Morgan fingerprint density at radius 2 is 1.34 bits per heavy atom. The number of carbonyl (C=O) groups excluding carboxylic acids is 3. The van der Waals surface area contributed by atoms with E-state index in [0.717, 1.165) is 6.08 Å². The second-order valence-corrected chi connectivity index (χ2v) is 8.09. The number of carbonyl (C=O) groups is 3. The summed E-state index contributed by atoms with van der Waals surface area (Å²) >= 11 is 0. The molecular weight excluding hydrogens is 487 g/mol. The van der Waals surface area contributed by atoms with Crippen LogP contribution in [0.3, 0.4) is 0 Å². The van der Waals surface area contributed by atoms with E-state index in [0.29, 0.717) is 16.9 Å². The SMILES string of the molecule is C=CC(=O)Oc1ccc(-c2cc(F)c(C#Cc3ccc(OC(=O)C(=C)C)cc3)cc2OC(=O)C(=C)C)cc1. The molecule has 3 aromatic rings. The lowest BCUT2D eigenvalue weighted by Crippen LogP contribution is -2.09. The van der Waals surface area contributed by atoms with Crippen LogP contribution in [0.5, 0.6) is 17.2 Å². The van der Waals surface area contributed by atoms with Gasteiger partial charge in [-0.25, -0.2) is 18.8 Å². The number of rotatable bonds is 7. The van der Waals surface area contributed by atoms with Gasteiger partial charge in [-0.2, -0.15) is 0 Å². The molecule has 0 spiro atoms. The third-order valence-corrected chi connectivity index (χ3v) is 4.93. The van der Waals surface area contributed by atoms with Gasteiger partial charge in [-0.15, -0.1) is 0 Å². The summed E-state index contributed by atoms with van der Waals surface area (Å²) in [6, 6.07) is 15.1. The maximum Gasteiger partial charge on any atom is 0.338 e. The molecule has 0 radical (unpaired) electrons. The monoisotopic (exact) mass is 510 g/mol. The van der Waals surface area contributed by atoms with Crippen molar-refractivity contribution in [3.8, 4) is 40.2 Å². The maximum atomic E-state index is 15.1. The minimum Gasteiger partial charge on any atom is -0.423 e. The molecule has 0 unspecified atom stereocenters. The highest BCUT2D eigenvalue weighted by Crippen LogP contribution is 2.34. The van der Waals surface area contributed by atoms with Gasteiger partial charge >= 0.3 is 17.9 Å². The molecule has 0 aromatic heterocycles. The summed E-state index contributed by atoms with van der Waals surface area (Å²) in [6.45, 7) is 13.5. The van der Waals surface area contributed by atoms with Crippen molar-refractivity contribution >= 4 is 17.9 Å². The van der Waals surface area contributed by atoms with Crippen LogP contribution in [0, 0.1) is 17.7 Å². The molecule has 0 saturated heterocycles. The molecule has 0 heterocycles. The fraction of sp³-hybridized carbons (Fsp3) is 0.0645. The Bertz CT molecular complexity index is 1500. The summed E-state index contributed by atoms with van der Waals surface area (Å²) < 4.78 is 30.8.